The predicted molar refractivity (Wildman–Crippen MR) is 103 cm³/mol. The number of ether oxygens (including phenoxy) is 1. The quantitative estimate of drug-likeness (QED) is 0.650. The van der Waals surface area contributed by atoms with Crippen LogP contribution in [0.4, 0.5) is 0 Å². The second-order valence-electron chi connectivity index (χ2n) is 6.69. The fourth-order valence-electron chi connectivity index (χ4n) is 3.28. The summed E-state index contributed by atoms with van der Waals surface area (Å²) >= 11 is 1.03. The Balaban J connectivity index is 1.41. The van der Waals surface area contributed by atoms with E-state index < -0.39 is 10.0 Å². The minimum atomic E-state index is -3.57. The molecule has 1 saturated heterocycles. The van der Waals surface area contributed by atoms with Crippen LogP contribution in [0.3, 0.4) is 0 Å². The molecule has 0 saturated carbocycles. The Labute approximate surface area is 162 Å². The molecular weight excluding hydrogens is 384 g/mol. The van der Waals surface area contributed by atoms with Crippen molar-refractivity contribution in [2.75, 3.05) is 19.7 Å². The topological polar surface area (TPSA) is 85.3 Å². The van der Waals surface area contributed by atoms with Crippen molar-refractivity contribution < 1.29 is 13.2 Å². The van der Waals surface area contributed by atoms with Gasteiger partial charge >= 0.3 is 0 Å². The van der Waals surface area contributed by atoms with Gasteiger partial charge in [0.25, 0.3) is 0 Å². The van der Waals surface area contributed by atoms with E-state index in [0.717, 1.165) is 35.9 Å². The van der Waals surface area contributed by atoms with Gasteiger partial charge in [0, 0.05) is 31.0 Å². The number of benzene rings is 1. The van der Waals surface area contributed by atoms with Crippen LogP contribution in [0.15, 0.2) is 41.6 Å². The Morgan fingerprint density at radius 3 is 2.81 bits per heavy atom. The third-order valence-corrected chi connectivity index (χ3v) is 7.36. The molecule has 7 nitrogen and oxygen atoms in total. The van der Waals surface area contributed by atoms with E-state index in [1.54, 1.807) is 34.9 Å². The first kappa shape index (κ1) is 18.3. The molecule has 2 aromatic heterocycles. The van der Waals surface area contributed by atoms with Crippen LogP contribution in [0.1, 0.15) is 18.4 Å². The number of rotatable bonds is 5. The lowest BCUT2D eigenvalue weighted by Crippen LogP contribution is -2.39. The first-order valence-electron chi connectivity index (χ1n) is 8.80. The maximum Gasteiger partial charge on any atom is 0.245 e. The van der Waals surface area contributed by atoms with Crippen molar-refractivity contribution in [3.63, 3.8) is 0 Å². The van der Waals surface area contributed by atoms with Crippen LogP contribution >= 0.6 is 11.7 Å². The smallest absolute Gasteiger partial charge is 0.245 e. The maximum atomic E-state index is 13.1. The number of hydrogen-bond donors (Lipinski definition) is 0. The standard InChI is InChI=1S/C18H20N4O3S2/c1-13-11-19-8-5-16(13)25-12-14-6-9-22(10-7-14)27(23,24)17-4-2-3-15-18(17)21-26-20-15/h2-5,8,11,14H,6-7,9-10,12H2,1H3. The zero-order chi connectivity index (χ0) is 18.9. The largest absolute Gasteiger partial charge is 0.493 e. The molecule has 0 bridgehead atoms. The highest BCUT2D eigenvalue weighted by molar-refractivity contribution is 7.89. The van der Waals surface area contributed by atoms with Gasteiger partial charge in [-0.2, -0.15) is 13.1 Å². The first-order chi connectivity index (χ1) is 13.1. The molecule has 0 radical (unpaired) electrons. The molecule has 3 aromatic rings. The van der Waals surface area contributed by atoms with Crippen molar-refractivity contribution in [2.45, 2.75) is 24.7 Å². The van der Waals surface area contributed by atoms with Gasteiger partial charge in [0.2, 0.25) is 10.0 Å². The molecule has 1 aromatic carbocycles. The monoisotopic (exact) mass is 404 g/mol. The molecule has 27 heavy (non-hydrogen) atoms. The molecule has 1 aliphatic rings. The molecule has 0 unspecified atom stereocenters. The highest BCUT2D eigenvalue weighted by atomic mass is 32.2. The van der Waals surface area contributed by atoms with Crippen LogP contribution in [0.5, 0.6) is 5.75 Å². The minimum Gasteiger partial charge on any atom is -0.493 e. The summed E-state index contributed by atoms with van der Waals surface area (Å²) in [7, 11) is -3.57. The lowest BCUT2D eigenvalue weighted by Gasteiger charge is -2.31. The fraction of sp³-hybridized carbons (Fsp3) is 0.389. The van der Waals surface area contributed by atoms with Gasteiger partial charge in [0.15, 0.2) is 0 Å². The van der Waals surface area contributed by atoms with E-state index in [-0.39, 0.29) is 4.90 Å². The van der Waals surface area contributed by atoms with Crippen LogP contribution in [0.2, 0.25) is 0 Å². The minimum absolute atomic E-state index is 0.246. The zero-order valence-corrected chi connectivity index (χ0v) is 16.5. The average molecular weight is 405 g/mol. The van der Waals surface area contributed by atoms with Crippen molar-refractivity contribution in [3.8, 4) is 5.75 Å². The van der Waals surface area contributed by atoms with E-state index in [0.29, 0.717) is 36.6 Å². The van der Waals surface area contributed by atoms with Crippen molar-refractivity contribution in [2.24, 2.45) is 5.92 Å². The highest BCUT2D eigenvalue weighted by Gasteiger charge is 2.31. The number of hydrogen-bond acceptors (Lipinski definition) is 7. The summed E-state index contributed by atoms with van der Waals surface area (Å²) in [4.78, 5) is 4.31. The van der Waals surface area contributed by atoms with Gasteiger partial charge in [-0.3, -0.25) is 4.98 Å². The first-order valence-corrected chi connectivity index (χ1v) is 11.0. The second kappa shape index (κ2) is 7.49. The summed E-state index contributed by atoms with van der Waals surface area (Å²) < 4.78 is 41.9. The molecule has 4 rings (SSSR count). The Kier molecular flexibility index (Phi) is 5.07. The number of fused-ring (bicyclic) bond motifs is 1. The summed E-state index contributed by atoms with van der Waals surface area (Å²) in [6.07, 6.45) is 5.03. The Bertz CT molecular complexity index is 1040. The van der Waals surface area contributed by atoms with Crippen LogP contribution in [0.25, 0.3) is 11.0 Å². The van der Waals surface area contributed by atoms with Crippen LogP contribution in [0, 0.1) is 12.8 Å². The third kappa shape index (κ3) is 3.67. The average Bonchev–Trinajstić information content (AvgIpc) is 3.16. The van der Waals surface area contributed by atoms with E-state index in [9.17, 15) is 8.42 Å². The predicted octanol–water partition coefficient (Wildman–Crippen LogP) is 2.87. The molecule has 0 N–H and O–H groups in total. The molecule has 142 valence electrons. The van der Waals surface area contributed by atoms with Crippen molar-refractivity contribution >= 4 is 32.8 Å². The number of sulfonamides is 1. The van der Waals surface area contributed by atoms with E-state index in [1.807, 2.05) is 13.0 Å². The van der Waals surface area contributed by atoms with Crippen LogP contribution < -0.4 is 4.74 Å². The molecule has 0 spiro atoms. The lowest BCUT2D eigenvalue weighted by molar-refractivity contribution is 0.184. The number of aryl methyl sites for hydroxylation is 1. The second-order valence-corrected chi connectivity index (χ2v) is 9.12. The lowest BCUT2D eigenvalue weighted by atomic mass is 9.99. The van der Waals surface area contributed by atoms with Crippen molar-refractivity contribution in [1.82, 2.24) is 18.0 Å². The van der Waals surface area contributed by atoms with E-state index >= 15 is 0 Å². The summed E-state index contributed by atoms with van der Waals surface area (Å²) in [6.45, 7) is 3.52. The van der Waals surface area contributed by atoms with E-state index in [1.165, 1.54) is 0 Å². The van der Waals surface area contributed by atoms with Crippen molar-refractivity contribution in [3.05, 3.63) is 42.2 Å². The maximum absolute atomic E-state index is 13.1. The Morgan fingerprint density at radius 2 is 2.04 bits per heavy atom. The van der Waals surface area contributed by atoms with Gasteiger partial charge in [0.05, 0.1) is 18.3 Å². The normalized spacial score (nSPS) is 16.6. The number of pyridine rings is 1. The van der Waals surface area contributed by atoms with Crippen LogP contribution in [-0.2, 0) is 10.0 Å². The Hall–Kier alpha value is -2.10. The Morgan fingerprint density at radius 1 is 1.22 bits per heavy atom. The fourth-order valence-corrected chi connectivity index (χ4v) is 5.50. The molecule has 0 aliphatic carbocycles. The molecule has 9 heteroatoms. The molecular formula is C18H20N4O3S2. The third-order valence-electron chi connectivity index (χ3n) is 4.88. The van der Waals surface area contributed by atoms with Crippen LogP contribution in [-0.4, -0.2) is 46.2 Å². The molecule has 0 amide bonds. The SMILES string of the molecule is Cc1cnccc1OCC1CCN(S(=O)(=O)c2cccc3nsnc23)CC1. The summed E-state index contributed by atoms with van der Waals surface area (Å²) in [5.74, 6) is 1.17. The molecule has 0 atom stereocenters. The molecule has 3 heterocycles. The van der Waals surface area contributed by atoms with Crippen molar-refractivity contribution in [1.29, 1.82) is 0 Å². The molecule has 1 aliphatic heterocycles. The van der Waals surface area contributed by atoms with Gasteiger partial charge in [-0.05, 0) is 43.9 Å². The van der Waals surface area contributed by atoms with Gasteiger partial charge < -0.3 is 4.74 Å². The number of aromatic nitrogens is 3. The summed E-state index contributed by atoms with van der Waals surface area (Å²) in [5, 5.41) is 0. The van der Waals surface area contributed by atoms with Gasteiger partial charge in [-0.15, -0.1) is 0 Å². The highest BCUT2D eigenvalue weighted by Crippen LogP contribution is 2.28. The summed E-state index contributed by atoms with van der Waals surface area (Å²) in [5.41, 5.74) is 2.08. The van der Waals surface area contributed by atoms with E-state index in [2.05, 4.69) is 13.7 Å². The number of piperidine rings is 1. The zero-order valence-electron chi connectivity index (χ0n) is 14.9. The molecule has 1 fully saturated rings. The van der Waals surface area contributed by atoms with Gasteiger partial charge in [0.1, 0.15) is 21.7 Å². The summed E-state index contributed by atoms with van der Waals surface area (Å²) in [6, 6.07) is 6.97. The van der Waals surface area contributed by atoms with E-state index in [4.69, 9.17) is 4.74 Å². The van der Waals surface area contributed by atoms with Gasteiger partial charge in [-0.1, -0.05) is 6.07 Å². The number of nitrogens with zero attached hydrogens (tertiary/aromatic N) is 4. The van der Waals surface area contributed by atoms with Gasteiger partial charge in [-0.25, -0.2) is 8.42 Å².